The Balaban J connectivity index is 0.000000168. The van der Waals surface area contributed by atoms with Crippen LogP contribution in [0.25, 0.3) is 65.3 Å². The van der Waals surface area contributed by atoms with E-state index >= 15 is 0 Å². The second-order valence-electron chi connectivity index (χ2n) is 28.8. The summed E-state index contributed by atoms with van der Waals surface area (Å²) < 4.78 is 0. The molecule has 0 radical (unpaired) electrons. The molecule has 0 aliphatic heterocycles. The molecule has 16 aromatic carbocycles. The summed E-state index contributed by atoms with van der Waals surface area (Å²) in [6.45, 7) is 26.8. The summed E-state index contributed by atoms with van der Waals surface area (Å²) in [6, 6.07) is 121. The molecule has 508 valence electrons. The smallest absolute Gasteiger partial charge is 0.000884 e. The molecule has 0 aliphatic rings. The maximum atomic E-state index is 2.47. The van der Waals surface area contributed by atoms with Gasteiger partial charge in [0, 0.05) is 0 Å². The lowest BCUT2D eigenvalue weighted by molar-refractivity contribution is 1.40. The molecule has 16 aromatic rings. The van der Waals surface area contributed by atoms with Crippen LogP contribution in [0.1, 0.15) is 66.8 Å². The van der Waals surface area contributed by atoms with Crippen molar-refractivity contribution in [3.63, 3.8) is 0 Å². The van der Waals surface area contributed by atoms with E-state index in [-0.39, 0.29) is 0 Å². The second-order valence-corrected chi connectivity index (χ2v) is 37.5. The Morgan fingerprint density at radius 3 is 0.529 bits per heavy atom. The van der Waals surface area contributed by atoms with Crippen molar-refractivity contribution >= 4 is 138 Å². The molecule has 0 heterocycles. The minimum atomic E-state index is -0.937. The summed E-state index contributed by atoms with van der Waals surface area (Å²) in [5.74, 6) is 0. The zero-order valence-electron chi connectivity index (χ0n) is 61.8. The van der Waals surface area contributed by atoms with E-state index in [4.69, 9.17) is 0 Å². The van der Waals surface area contributed by atoms with Crippen LogP contribution in [0.5, 0.6) is 0 Å². The van der Waals surface area contributed by atoms with E-state index in [1.807, 2.05) is 0 Å². The predicted molar refractivity (Wildman–Crippen MR) is 465 cm³/mol. The summed E-state index contributed by atoms with van der Waals surface area (Å²) in [7, 11) is -3.66. The zero-order valence-corrected chi connectivity index (χ0v) is 65.4. The van der Waals surface area contributed by atoms with Crippen LogP contribution in [0.4, 0.5) is 0 Å². The average Bonchev–Trinajstić information content (AvgIpc) is 0.735. The molecule has 0 fully saturated rings. The van der Waals surface area contributed by atoms with Crippen LogP contribution in [0.2, 0.25) is 0 Å². The number of aryl methyl sites for hydroxylation is 12. The van der Waals surface area contributed by atoms with Gasteiger partial charge in [0.15, 0.2) is 0 Å². The topological polar surface area (TPSA) is 0 Å². The van der Waals surface area contributed by atoms with Gasteiger partial charge in [-0.05, 0) is 244 Å². The lowest BCUT2D eigenvalue weighted by atomic mass is 9.93. The molecule has 16 rings (SSSR count). The second kappa shape index (κ2) is 30.2. The van der Waals surface area contributed by atoms with E-state index in [2.05, 4.69) is 399 Å². The first-order valence-corrected chi connectivity index (χ1v) is 41.7. The maximum absolute atomic E-state index is 2.47. The fraction of sp³-hybridized carbons (Fsp3) is 0.120. The molecule has 0 aliphatic carbocycles. The SMILES string of the molecule is Cc1cc(C)cc(P(c2cc(C)cc(C)c2)c2ccc3ccccc3c2-c2c(P(c3cc(C)cc(C)c3)c3cc(C)cc(C)c3)ccc3ccccc23)c1.Cc1cccc(P(c2cccc(C)c2)c2ccc3ccccc3c2-c2c(P(c3cccc(C)c3)c3cccc(C)c3)ccc3ccccc23)c1. The number of hydrogen-bond acceptors (Lipinski definition) is 0. The van der Waals surface area contributed by atoms with Crippen molar-refractivity contribution in [1.82, 2.24) is 0 Å². The fourth-order valence-electron chi connectivity index (χ4n) is 15.9. The Labute approximate surface area is 621 Å². The van der Waals surface area contributed by atoms with Gasteiger partial charge in [0.2, 0.25) is 0 Å². The summed E-state index contributed by atoms with van der Waals surface area (Å²) in [4.78, 5) is 0. The van der Waals surface area contributed by atoms with Crippen molar-refractivity contribution in [2.24, 2.45) is 0 Å². The molecular formula is C100H88P4. The Morgan fingerprint density at radius 2 is 0.327 bits per heavy atom. The quantitative estimate of drug-likeness (QED) is 0.0952. The van der Waals surface area contributed by atoms with E-state index in [1.54, 1.807) is 0 Å². The third-order valence-electron chi connectivity index (χ3n) is 20.0. The van der Waals surface area contributed by atoms with Gasteiger partial charge in [-0.25, -0.2) is 0 Å². The van der Waals surface area contributed by atoms with Crippen molar-refractivity contribution in [3.05, 3.63) is 382 Å². The molecule has 0 N–H and O–H groups in total. The monoisotopic (exact) mass is 1410 g/mol. The molecule has 0 spiro atoms. The van der Waals surface area contributed by atoms with Crippen molar-refractivity contribution < 1.29 is 0 Å². The maximum Gasteiger partial charge on any atom is -0.000884 e. The van der Waals surface area contributed by atoms with Gasteiger partial charge < -0.3 is 0 Å². The summed E-state index contributed by atoms with van der Waals surface area (Å²) in [5, 5.41) is 27.0. The molecule has 0 nitrogen and oxygen atoms in total. The Morgan fingerprint density at radius 1 is 0.144 bits per heavy atom. The predicted octanol–water partition coefficient (Wildman–Crippen LogP) is 22.1. The highest BCUT2D eigenvalue weighted by Gasteiger charge is 2.32. The standard InChI is InChI=1S/C52H48P2.C48H40P2/c1-33-21-34(2)26-43(25-33)53(44-27-35(3)22-36(4)28-44)49-19-17-41-13-9-11-15-47(41)51(49)52-48-16-12-10-14-42(48)18-20-50(52)54(45-29-37(5)23-38(6)30-45)46-31-39(7)24-40(8)32-46;1-33-13-9-19-39(29-33)49(40-20-10-14-34(2)30-40)45-27-25-37-17-5-7-23-43(37)47(45)48-44-24-8-6-18-38(44)26-28-46(48)50(41-21-11-15-35(3)31-41)42-22-12-16-36(4)32-42/h9-32H,1-8H3;5-32H,1-4H3. The number of fused-ring (bicyclic) bond motifs is 4. The Kier molecular flexibility index (Phi) is 20.3. The average molecular weight is 1410 g/mol. The van der Waals surface area contributed by atoms with Crippen molar-refractivity contribution in [1.29, 1.82) is 0 Å². The third kappa shape index (κ3) is 14.5. The number of benzene rings is 16. The molecule has 0 unspecified atom stereocenters. The van der Waals surface area contributed by atoms with E-state index < -0.39 is 31.7 Å². The first-order chi connectivity index (χ1) is 50.5. The van der Waals surface area contributed by atoms with Crippen LogP contribution in [0.15, 0.2) is 315 Å². The summed E-state index contributed by atoms with van der Waals surface area (Å²) in [6.07, 6.45) is 0. The van der Waals surface area contributed by atoms with Gasteiger partial charge in [-0.15, -0.1) is 0 Å². The normalized spacial score (nSPS) is 11.6. The van der Waals surface area contributed by atoms with Gasteiger partial charge in [-0.2, -0.15) is 0 Å². The Bertz CT molecular complexity index is 5310. The van der Waals surface area contributed by atoms with Crippen LogP contribution >= 0.6 is 31.7 Å². The van der Waals surface area contributed by atoms with Crippen LogP contribution in [-0.4, -0.2) is 0 Å². The third-order valence-corrected chi connectivity index (χ3v) is 29.7. The minimum absolute atomic E-state index is 0.895. The van der Waals surface area contributed by atoms with Crippen LogP contribution in [0, 0.1) is 83.1 Å². The van der Waals surface area contributed by atoms with Gasteiger partial charge in [0.05, 0.1) is 0 Å². The van der Waals surface area contributed by atoms with Gasteiger partial charge >= 0.3 is 0 Å². The summed E-state index contributed by atoms with van der Waals surface area (Å²) >= 11 is 0. The molecule has 0 aromatic heterocycles. The molecule has 0 amide bonds. The summed E-state index contributed by atoms with van der Waals surface area (Å²) in [5.41, 5.74) is 21.1. The first kappa shape index (κ1) is 70.0. The van der Waals surface area contributed by atoms with E-state index in [0.29, 0.717) is 0 Å². The van der Waals surface area contributed by atoms with E-state index in [1.165, 1.54) is 196 Å². The van der Waals surface area contributed by atoms with Gasteiger partial charge in [-0.3, -0.25) is 0 Å². The highest BCUT2D eigenvalue weighted by molar-refractivity contribution is 7.81. The first-order valence-electron chi connectivity index (χ1n) is 36.3. The molecule has 0 atom stereocenters. The minimum Gasteiger partial charge on any atom is -0.0616 e. The highest BCUT2D eigenvalue weighted by atomic mass is 31.1. The van der Waals surface area contributed by atoms with Gasteiger partial charge in [-0.1, -0.05) is 382 Å². The highest BCUT2D eigenvalue weighted by Crippen LogP contribution is 2.49. The molecule has 0 bridgehead atoms. The van der Waals surface area contributed by atoms with Crippen LogP contribution in [0.3, 0.4) is 0 Å². The fourth-order valence-corrected chi connectivity index (χ4v) is 27.0. The number of hydrogen-bond donors (Lipinski definition) is 0. The van der Waals surface area contributed by atoms with Crippen LogP contribution < -0.4 is 63.7 Å². The molecular weight excluding hydrogens is 1320 g/mol. The zero-order chi connectivity index (χ0) is 71.9. The lowest BCUT2D eigenvalue weighted by Crippen LogP contribution is -2.27. The molecule has 4 heteroatoms. The molecule has 0 saturated heterocycles. The van der Waals surface area contributed by atoms with Crippen molar-refractivity contribution in [2.45, 2.75) is 83.1 Å². The molecule has 0 saturated carbocycles. The molecule has 104 heavy (non-hydrogen) atoms. The van der Waals surface area contributed by atoms with Gasteiger partial charge in [0.25, 0.3) is 0 Å². The van der Waals surface area contributed by atoms with E-state index in [9.17, 15) is 0 Å². The van der Waals surface area contributed by atoms with Crippen molar-refractivity contribution in [2.75, 3.05) is 0 Å². The van der Waals surface area contributed by atoms with Crippen molar-refractivity contribution in [3.8, 4) is 22.3 Å². The Hall–Kier alpha value is -9.72. The van der Waals surface area contributed by atoms with Gasteiger partial charge in [0.1, 0.15) is 0 Å². The number of rotatable bonds is 14. The van der Waals surface area contributed by atoms with E-state index in [0.717, 1.165) is 0 Å². The largest absolute Gasteiger partial charge is 0.0616 e. The van der Waals surface area contributed by atoms with Crippen LogP contribution in [-0.2, 0) is 0 Å². The lowest BCUT2D eigenvalue weighted by Gasteiger charge is -2.29.